The Bertz CT molecular complexity index is 904. The Kier molecular flexibility index (Phi) is 4.73. The van der Waals surface area contributed by atoms with Crippen molar-refractivity contribution in [2.45, 2.75) is 24.8 Å². The summed E-state index contributed by atoms with van der Waals surface area (Å²) in [7, 11) is -3.60. The van der Waals surface area contributed by atoms with Gasteiger partial charge in [-0.3, -0.25) is 0 Å². The van der Waals surface area contributed by atoms with Gasteiger partial charge in [-0.1, -0.05) is 48.0 Å². The third-order valence-corrected chi connectivity index (χ3v) is 4.87. The van der Waals surface area contributed by atoms with Crippen molar-refractivity contribution >= 4 is 10.0 Å². The van der Waals surface area contributed by atoms with E-state index in [9.17, 15) is 8.42 Å². The summed E-state index contributed by atoms with van der Waals surface area (Å²) < 4.78 is 32.4. The van der Waals surface area contributed by atoms with Gasteiger partial charge in [0.05, 0.1) is 17.9 Å². The lowest BCUT2D eigenvalue weighted by molar-refractivity contribution is 0.451. The molecule has 0 aliphatic carbocycles. The van der Waals surface area contributed by atoms with Gasteiger partial charge in [-0.05, 0) is 24.6 Å². The van der Waals surface area contributed by atoms with Gasteiger partial charge < -0.3 is 4.42 Å². The molecule has 1 heterocycles. The number of rotatable bonds is 6. The van der Waals surface area contributed by atoms with Crippen LogP contribution >= 0.6 is 0 Å². The smallest absolute Gasteiger partial charge is 0.241 e. The lowest BCUT2D eigenvalue weighted by atomic mass is 10.2. The molecule has 2 aromatic carbocycles. The summed E-state index contributed by atoms with van der Waals surface area (Å²) in [5.41, 5.74) is 2.05. The number of sulfonamides is 1. The molecule has 0 atom stereocenters. The van der Waals surface area contributed by atoms with Gasteiger partial charge in [-0.15, -0.1) is 10.2 Å². The van der Waals surface area contributed by atoms with Crippen LogP contribution in [0.1, 0.15) is 22.9 Å². The molecule has 0 fully saturated rings. The van der Waals surface area contributed by atoms with Crippen LogP contribution in [0.2, 0.25) is 0 Å². The van der Waals surface area contributed by atoms with Gasteiger partial charge in [-0.2, -0.15) is 0 Å². The SMILES string of the molecule is Cc1ccc(S(=O)(=O)NCc2nnc(Cc3ccccc3)o2)cc1. The number of hydrogen-bond donors (Lipinski definition) is 1. The number of hydrogen-bond acceptors (Lipinski definition) is 5. The van der Waals surface area contributed by atoms with Gasteiger partial charge in [0.2, 0.25) is 21.8 Å². The minimum absolute atomic E-state index is 0.0437. The molecule has 0 unspecified atom stereocenters. The van der Waals surface area contributed by atoms with Crippen LogP contribution in [0, 0.1) is 6.92 Å². The van der Waals surface area contributed by atoms with E-state index in [0.717, 1.165) is 11.1 Å². The summed E-state index contributed by atoms with van der Waals surface area (Å²) in [5, 5.41) is 7.82. The fraction of sp³-hybridized carbons (Fsp3) is 0.176. The number of aromatic nitrogens is 2. The predicted molar refractivity (Wildman–Crippen MR) is 88.8 cm³/mol. The summed E-state index contributed by atoms with van der Waals surface area (Å²) in [6.07, 6.45) is 0.512. The van der Waals surface area contributed by atoms with Crippen LogP contribution in [-0.2, 0) is 23.0 Å². The Hall–Kier alpha value is -2.51. The zero-order valence-corrected chi connectivity index (χ0v) is 14.0. The minimum atomic E-state index is -3.60. The molecule has 3 aromatic rings. The highest BCUT2D eigenvalue weighted by atomic mass is 32.2. The second-order valence-corrected chi connectivity index (χ2v) is 7.16. The molecule has 0 radical (unpaired) electrons. The summed E-state index contributed by atoms with van der Waals surface area (Å²) >= 11 is 0. The number of nitrogens with one attached hydrogen (secondary N) is 1. The Balaban J connectivity index is 1.64. The molecule has 6 nitrogen and oxygen atoms in total. The van der Waals surface area contributed by atoms with Crippen LogP contribution in [-0.4, -0.2) is 18.6 Å². The highest BCUT2D eigenvalue weighted by molar-refractivity contribution is 7.89. The van der Waals surface area contributed by atoms with Crippen LogP contribution in [0.25, 0.3) is 0 Å². The largest absolute Gasteiger partial charge is 0.423 e. The average molecular weight is 343 g/mol. The normalized spacial score (nSPS) is 11.5. The van der Waals surface area contributed by atoms with Crippen molar-refractivity contribution in [2.24, 2.45) is 0 Å². The first-order valence-electron chi connectivity index (χ1n) is 7.44. The Morgan fingerprint density at radius 1 is 0.958 bits per heavy atom. The maximum atomic E-state index is 12.2. The lowest BCUT2D eigenvalue weighted by Crippen LogP contribution is -2.23. The maximum absolute atomic E-state index is 12.2. The molecular weight excluding hydrogens is 326 g/mol. The maximum Gasteiger partial charge on any atom is 0.241 e. The van der Waals surface area contributed by atoms with Crippen LogP contribution < -0.4 is 4.72 Å². The van der Waals surface area contributed by atoms with Gasteiger partial charge >= 0.3 is 0 Å². The zero-order chi connectivity index (χ0) is 17.0. The van der Waals surface area contributed by atoms with Crippen molar-refractivity contribution in [2.75, 3.05) is 0 Å². The highest BCUT2D eigenvalue weighted by Crippen LogP contribution is 2.12. The van der Waals surface area contributed by atoms with E-state index >= 15 is 0 Å². The molecule has 0 aliphatic rings. The summed E-state index contributed by atoms with van der Waals surface area (Å²) in [5.74, 6) is 0.683. The Labute approximate surface area is 140 Å². The van der Waals surface area contributed by atoms with Crippen molar-refractivity contribution in [3.63, 3.8) is 0 Å². The van der Waals surface area contributed by atoms with Gasteiger partial charge in [0.15, 0.2) is 0 Å². The zero-order valence-electron chi connectivity index (χ0n) is 13.1. The topological polar surface area (TPSA) is 85.1 Å². The summed E-state index contributed by atoms with van der Waals surface area (Å²) in [6, 6.07) is 16.3. The van der Waals surface area contributed by atoms with Gasteiger partial charge in [0.25, 0.3) is 0 Å². The molecule has 3 rings (SSSR count). The van der Waals surface area contributed by atoms with Crippen molar-refractivity contribution in [3.05, 3.63) is 77.5 Å². The quantitative estimate of drug-likeness (QED) is 0.743. The standard InChI is InChI=1S/C17H17N3O3S/c1-13-7-9-15(10-8-13)24(21,22)18-12-17-20-19-16(23-17)11-14-5-3-2-4-6-14/h2-10,18H,11-12H2,1H3. The van der Waals surface area contributed by atoms with E-state index in [4.69, 9.17) is 4.42 Å². The monoisotopic (exact) mass is 343 g/mol. The van der Waals surface area contributed by atoms with E-state index < -0.39 is 10.0 Å². The van der Waals surface area contributed by atoms with E-state index in [1.165, 1.54) is 0 Å². The predicted octanol–water partition coefficient (Wildman–Crippen LogP) is 2.45. The molecule has 0 saturated heterocycles. The second kappa shape index (κ2) is 6.94. The Morgan fingerprint density at radius 2 is 1.62 bits per heavy atom. The summed E-state index contributed by atoms with van der Waals surface area (Å²) in [6.45, 7) is 1.86. The molecule has 0 spiro atoms. The molecule has 1 aromatic heterocycles. The number of benzene rings is 2. The van der Waals surface area contributed by atoms with Gasteiger partial charge in [0, 0.05) is 0 Å². The first kappa shape index (κ1) is 16.4. The van der Waals surface area contributed by atoms with Gasteiger partial charge in [0.1, 0.15) is 0 Å². The van der Waals surface area contributed by atoms with E-state index in [0.29, 0.717) is 12.3 Å². The third kappa shape index (κ3) is 4.06. The molecule has 124 valence electrons. The van der Waals surface area contributed by atoms with E-state index in [1.54, 1.807) is 24.3 Å². The van der Waals surface area contributed by atoms with Crippen LogP contribution in [0.15, 0.2) is 63.9 Å². The fourth-order valence-electron chi connectivity index (χ4n) is 2.16. The fourth-order valence-corrected chi connectivity index (χ4v) is 3.13. The molecule has 0 aliphatic heterocycles. The third-order valence-electron chi connectivity index (χ3n) is 3.45. The average Bonchev–Trinajstić information content (AvgIpc) is 3.02. The van der Waals surface area contributed by atoms with E-state index in [2.05, 4.69) is 14.9 Å². The van der Waals surface area contributed by atoms with Crippen molar-refractivity contribution in [3.8, 4) is 0 Å². The first-order chi connectivity index (χ1) is 11.5. The molecule has 1 N–H and O–H groups in total. The van der Waals surface area contributed by atoms with E-state index in [1.807, 2.05) is 37.3 Å². The molecule has 7 heteroatoms. The van der Waals surface area contributed by atoms with Crippen LogP contribution in [0.3, 0.4) is 0 Å². The van der Waals surface area contributed by atoms with Crippen LogP contribution in [0.5, 0.6) is 0 Å². The number of nitrogens with zero attached hydrogens (tertiary/aromatic N) is 2. The van der Waals surface area contributed by atoms with Crippen molar-refractivity contribution < 1.29 is 12.8 Å². The lowest BCUT2D eigenvalue weighted by Gasteiger charge is -2.04. The van der Waals surface area contributed by atoms with Crippen molar-refractivity contribution in [1.82, 2.24) is 14.9 Å². The Morgan fingerprint density at radius 3 is 2.33 bits per heavy atom. The second-order valence-electron chi connectivity index (χ2n) is 5.39. The molecular formula is C17H17N3O3S. The minimum Gasteiger partial charge on any atom is -0.423 e. The number of aryl methyl sites for hydroxylation is 1. The first-order valence-corrected chi connectivity index (χ1v) is 8.93. The molecule has 0 amide bonds. The van der Waals surface area contributed by atoms with E-state index in [-0.39, 0.29) is 17.3 Å². The van der Waals surface area contributed by atoms with Crippen molar-refractivity contribution in [1.29, 1.82) is 0 Å². The highest BCUT2D eigenvalue weighted by Gasteiger charge is 2.15. The molecule has 0 bridgehead atoms. The van der Waals surface area contributed by atoms with Crippen LogP contribution in [0.4, 0.5) is 0 Å². The summed E-state index contributed by atoms with van der Waals surface area (Å²) in [4.78, 5) is 0.206. The van der Waals surface area contributed by atoms with Gasteiger partial charge in [-0.25, -0.2) is 13.1 Å². The molecule has 24 heavy (non-hydrogen) atoms. The molecule has 0 saturated carbocycles.